The van der Waals surface area contributed by atoms with Gasteiger partial charge in [-0.05, 0) is 101 Å². The SMILES string of the molecule is CCCC.CN1C(=O)c2ccc(S(=O)(=O)c3ccc4c(c3)C(=O)N(CCC[Si](C)(C)O[Si](C)(C)O[Si](C)(C)O[SiH](C)C)C4=O)cc2C1=O. The topological polar surface area (TPSA) is 137 Å². The van der Waals surface area contributed by atoms with Gasteiger partial charge in [-0.25, -0.2) is 8.42 Å². The number of carbonyl (C=O) groups is 4. The Balaban J connectivity index is 0.00000148. The van der Waals surface area contributed by atoms with E-state index in [4.69, 9.17) is 12.3 Å². The van der Waals surface area contributed by atoms with Crippen LogP contribution >= 0.6 is 0 Å². The van der Waals surface area contributed by atoms with Crippen molar-refractivity contribution in [2.45, 2.75) is 101 Å². The van der Waals surface area contributed by atoms with Gasteiger partial charge in [0.2, 0.25) is 9.84 Å². The fraction of sp³-hybridized carbons (Fsp3) is 0.500. The van der Waals surface area contributed by atoms with Gasteiger partial charge in [-0.1, -0.05) is 26.7 Å². The lowest BCUT2D eigenvalue weighted by Crippen LogP contribution is -2.54. The van der Waals surface area contributed by atoms with Gasteiger partial charge in [0.1, 0.15) is 0 Å². The molecule has 0 unspecified atom stereocenters. The zero-order valence-electron chi connectivity index (χ0n) is 30.1. The molecule has 0 radical (unpaired) electrons. The number of hydrogen-bond donors (Lipinski definition) is 0. The van der Waals surface area contributed by atoms with Crippen LogP contribution < -0.4 is 0 Å². The molecule has 4 rings (SSSR count). The number of hydrogen-bond acceptors (Lipinski definition) is 9. The van der Waals surface area contributed by atoms with Crippen LogP contribution in [-0.2, 0) is 22.2 Å². The van der Waals surface area contributed by atoms with Crippen molar-refractivity contribution in [3.8, 4) is 0 Å². The van der Waals surface area contributed by atoms with Crippen LogP contribution in [0.3, 0.4) is 0 Å². The van der Waals surface area contributed by atoms with E-state index < -0.39 is 67.9 Å². The Morgan fingerprint density at radius 1 is 0.688 bits per heavy atom. The molecule has 2 aliphatic heterocycles. The monoisotopic (exact) mass is 750 g/mol. The lowest BCUT2D eigenvalue weighted by molar-refractivity contribution is 0.0648. The first-order valence-corrected chi connectivity index (χ1v) is 29.4. The Morgan fingerprint density at radius 2 is 1.15 bits per heavy atom. The van der Waals surface area contributed by atoms with Crippen LogP contribution in [0.4, 0.5) is 0 Å². The smallest absolute Gasteiger partial charge is 0.312 e. The van der Waals surface area contributed by atoms with Gasteiger partial charge in [-0.2, -0.15) is 0 Å². The highest BCUT2D eigenvalue weighted by molar-refractivity contribution is 7.91. The fourth-order valence-electron chi connectivity index (χ4n) is 5.87. The van der Waals surface area contributed by atoms with Crippen molar-refractivity contribution >= 4 is 67.9 Å². The van der Waals surface area contributed by atoms with Crippen molar-refractivity contribution in [3.63, 3.8) is 0 Å². The van der Waals surface area contributed by atoms with Crippen molar-refractivity contribution < 1.29 is 39.9 Å². The largest absolute Gasteiger partial charge is 0.440 e. The van der Waals surface area contributed by atoms with Gasteiger partial charge < -0.3 is 12.3 Å². The lowest BCUT2D eigenvalue weighted by Gasteiger charge is -2.39. The van der Waals surface area contributed by atoms with E-state index in [9.17, 15) is 27.6 Å². The second-order valence-electron chi connectivity index (χ2n) is 13.9. The van der Waals surface area contributed by atoms with Gasteiger partial charge in [-0.3, -0.25) is 29.0 Å². The van der Waals surface area contributed by atoms with Crippen LogP contribution in [0.15, 0.2) is 46.2 Å². The predicted molar refractivity (Wildman–Crippen MR) is 195 cm³/mol. The zero-order chi connectivity index (χ0) is 36.4. The molecule has 2 heterocycles. The standard InChI is InChI=1S/C28H40N2O9SSi4.C4H10/c1-29-25(31)21-13-11-19(17-23(21)26(29)32)40(35,36)20-12-14-22-24(18-20)28(34)30(27(22)33)15-10-16-42(4,5)38-44(8,9)39-43(6,7)37-41(2)3;1-3-4-2/h11-14,17-18,41H,10,15-16H2,1-9H3;3-4H2,1-2H3. The minimum Gasteiger partial charge on any atom is -0.440 e. The van der Waals surface area contributed by atoms with E-state index in [0.717, 1.165) is 9.80 Å². The molecule has 48 heavy (non-hydrogen) atoms. The molecule has 2 aliphatic rings. The summed E-state index contributed by atoms with van der Waals surface area (Å²) in [6.45, 7) is 21.1. The van der Waals surface area contributed by atoms with Crippen molar-refractivity contribution in [1.82, 2.24) is 9.80 Å². The fourth-order valence-corrected chi connectivity index (χ4v) is 24.4. The third kappa shape index (κ3) is 9.15. The molecule has 0 bridgehead atoms. The van der Waals surface area contributed by atoms with Crippen molar-refractivity contribution in [2.24, 2.45) is 0 Å². The molecular weight excluding hydrogens is 701 g/mol. The predicted octanol–water partition coefficient (Wildman–Crippen LogP) is 6.18. The highest BCUT2D eigenvalue weighted by Gasteiger charge is 2.42. The number of carbonyl (C=O) groups excluding carboxylic acids is 4. The minimum absolute atomic E-state index is 0.00146. The molecule has 0 N–H and O–H groups in total. The van der Waals surface area contributed by atoms with Crippen LogP contribution in [0.1, 0.15) is 74.5 Å². The molecule has 11 nitrogen and oxygen atoms in total. The number of sulfone groups is 1. The minimum atomic E-state index is -4.16. The lowest BCUT2D eigenvalue weighted by atomic mass is 10.1. The van der Waals surface area contributed by atoms with Crippen LogP contribution in [-0.4, -0.2) is 89.9 Å². The number of nitrogens with zero attached hydrogens (tertiary/aromatic N) is 2. The highest BCUT2D eigenvalue weighted by atomic mass is 32.2. The van der Waals surface area contributed by atoms with Crippen LogP contribution in [0.2, 0.25) is 58.4 Å². The maximum atomic E-state index is 13.5. The molecule has 0 saturated heterocycles. The Labute approximate surface area is 290 Å². The van der Waals surface area contributed by atoms with Crippen LogP contribution in [0.25, 0.3) is 0 Å². The molecule has 2 aromatic carbocycles. The highest BCUT2D eigenvalue weighted by Crippen LogP contribution is 2.32. The second kappa shape index (κ2) is 15.1. The number of fused-ring (bicyclic) bond motifs is 2. The van der Waals surface area contributed by atoms with E-state index in [-0.39, 0.29) is 38.6 Å². The zero-order valence-corrected chi connectivity index (χ0v) is 35.0. The van der Waals surface area contributed by atoms with Gasteiger partial charge in [0.15, 0.2) is 17.4 Å². The summed E-state index contributed by atoms with van der Waals surface area (Å²) in [6.07, 6.45) is 3.17. The second-order valence-corrected chi connectivity index (χ2v) is 30.1. The first-order chi connectivity index (χ1) is 22.1. The van der Waals surface area contributed by atoms with Gasteiger partial charge in [0.25, 0.3) is 23.6 Å². The summed E-state index contributed by atoms with van der Waals surface area (Å²) in [5, 5.41) is 0. The third-order valence-corrected chi connectivity index (χ3v) is 23.4. The molecule has 0 saturated carbocycles. The first-order valence-electron chi connectivity index (χ1n) is 16.4. The summed E-state index contributed by atoms with van der Waals surface area (Å²) >= 11 is 0. The molecule has 0 atom stereocenters. The average Bonchev–Trinajstić information content (AvgIpc) is 3.34. The normalized spacial score (nSPS) is 15.2. The number of benzene rings is 2. The van der Waals surface area contributed by atoms with E-state index in [1.165, 1.54) is 56.3 Å². The summed E-state index contributed by atoms with van der Waals surface area (Å²) in [5.41, 5.74) is 0.283. The summed E-state index contributed by atoms with van der Waals surface area (Å²) in [4.78, 5) is 52.8. The van der Waals surface area contributed by atoms with E-state index in [1.807, 2.05) is 26.2 Å². The van der Waals surface area contributed by atoms with Gasteiger partial charge in [-0.15, -0.1) is 0 Å². The number of imide groups is 2. The van der Waals surface area contributed by atoms with Crippen LogP contribution in [0, 0.1) is 0 Å². The first kappa shape index (κ1) is 39.9. The van der Waals surface area contributed by atoms with E-state index in [0.29, 0.717) is 12.5 Å². The maximum Gasteiger partial charge on any atom is 0.312 e. The Morgan fingerprint density at radius 3 is 1.65 bits per heavy atom. The van der Waals surface area contributed by atoms with E-state index in [1.54, 1.807) is 0 Å². The molecule has 0 aromatic heterocycles. The van der Waals surface area contributed by atoms with E-state index >= 15 is 0 Å². The Bertz CT molecular complexity index is 1690. The molecule has 0 aliphatic carbocycles. The maximum absolute atomic E-state index is 13.5. The molecule has 0 fully saturated rings. The summed E-state index contributed by atoms with van der Waals surface area (Å²) in [5.74, 6) is -2.12. The number of unbranched alkanes of at least 4 members (excludes halogenated alkanes) is 1. The van der Waals surface area contributed by atoms with Gasteiger partial charge >= 0.3 is 17.1 Å². The van der Waals surface area contributed by atoms with E-state index in [2.05, 4.69) is 40.0 Å². The van der Waals surface area contributed by atoms with Gasteiger partial charge in [0.05, 0.1) is 32.0 Å². The number of amides is 4. The Kier molecular flexibility index (Phi) is 12.6. The molecule has 0 spiro atoms. The number of rotatable bonds is 13. The van der Waals surface area contributed by atoms with Crippen molar-refractivity contribution in [3.05, 3.63) is 58.7 Å². The quantitative estimate of drug-likeness (QED) is 0.174. The third-order valence-electron chi connectivity index (χ3n) is 7.82. The molecule has 2 aromatic rings. The summed E-state index contributed by atoms with van der Waals surface area (Å²) in [6, 6.07) is 8.27. The van der Waals surface area contributed by atoms with Crippen molar-refractivity contribution in [2.75, 3.05) is 13.6 Å². The molecule has 264 valence electrons. The molecule has 4 amide bonds. The Hall–Kier alpha value is -2.58. The summed E-state index contributed by atoms with van der Waals surface area (Å²) < 4.78 is 46.1. The average molecular weight is 751 g/mol. The summed E-state index contributed by atoms with van der Waals surface area (Å²) in [7, 11) is -11.1. The van der Waals surface area contributed by atoms with Crippen LogP contribution in [0.5, 0.6) is 0 Å². The van der Waals surface area contributed by atoms with Crippen molar-refractivity contribution in [1.29, 1.82) is 0 Å². The molecular formula is C32H50N2O9SSi4. The molecule has 16 heteroatoms. The van der Waals surface area contributed by atoms with Gasteiger partial charge in [0, 0.05) is 13.6 Å².